The van der Waals surface area contributed by atoms with E-state index in [0.29, 0.717) is 4.99 Å². The molecule has 2 rings (SSSR count). The highest BCUT2D eigenvalue weighted by atomic mass is 32.1. The third-order valence-electron chi connectivity index (χ3n) is 3.50. The van der Waals surface area contributed by atoms with Crippen molar-refractivity contribution < 1.29 is 4.79 Å². The number of nitrogens with two attached hydrogens (primary N) is 2. The van der Waals surface area contributed by atoms with Crippen molar-refractivity contribution in [3.8, 4) is 0 Å². The molecule has 4 nitrogen and oxygen atoms in total. The molecule has 1 aliphatic heterocycles. The Morgan fingerprint density at radius 3 is 2.47 bits per heavy atom. The average molecular weight is 227 g/mol. The summed E-state index contributed by atoms with van der Waals surface area (Å²) in [6.07, 6.45) is 4.06. The number of hydrogen-bond acceptors (Lipinski definition) is 3. The molecule has 0 aromatic rings. The maximum atomic E-state index is 11.1. The highest BCUT2D eigenvalue weighted by molar-refractivity contribution is 7.80. The summed E-state index contributed by atoms with van der Waals surface area (Å²) in [5.41, 5.74) is 11.1. The summed E-state index contributed by atoms with van der Waals surface area (Å²) < 4.78 is 0. The summed E-state index contributed by atoms with van der Waals surface area (Å²) in [7, 11) is 0. The molecule has 1 amide bonds. The van der Waals surface area contributed by atoms with Crippen LogP contribution in [-0.4, -0.2) is 34.9 Å². The van der Waals surface area contributed by atoms with E-state index in [9.17, 15) is 4.79 Å². The van der Waals surface area contributed by atoms with Crippen molar-refractivity contribution >= 4 is 23.1 Å². The number of likely N-dealkylation sites (tertiary alicyclic amines) is 1. The molecule has 4 N–H and O–H groups in total. The molecule has 1 saturated heterocycles. The van der Waals surface area contributed by atoms with Crippen molar-refractivity contribution in [2.24, 2.45) is 16.9 Å². The normalized spacial score (nSPS) is 28.1. The second kappa shape index (κ2) is 3.72. The monoisotopic (exact) mass is 227 g/mol. The molecule has 5 heteroatoms. The van der Waals surface area contributed by atoms with Gasteiger partial charge in [0, 0.05) is 19.5 Å². The molecule has 15 heavy (non-hydrogen) atoms. The molecule has 1 aliphatic carbocycles. The molecule has 0 bridgehead atoms. The Labute approximate surface area is 95.0 Å². The van der Waals surface area contributed by atoms with Gasteiger partial charge in [0.15, 0.2) is 0 Å². The number of thiocarbonyl (C=S) groups is 1. The molecule has 0 aromatic heterocycles. The van der Waals surface area contributed by atoms with Crippen molar-refractivity contribution in [3.05, 3.63) is 0 Å². The summed E-state index contributed by atoms with van der Waals surface area (Å²) in [4.78, 5) is 13.8. The van der Waals surface area contributed by atoms with Gasteiger partial charge in [0.25, 0.3) is 0 Å². The maximum Gasteiger partial charge on any atom is 0.234 e. The lowest BCUT2D eigenvalue weighted by molar-refractivity contribution is -0.128. The molecule has 0 aromatic carbocycles. The van der Waals surface area contributed by atoms with Gasteiger partial charge in [-0.2, -0.15) is 0 Å². The van der Waals surface area contributed by atoms with Crippen LogP contribution >= 0.6 is 12.2 Å². The minimum Gasteiger partial charge on any atom is -0.393 e. The van der Waals surface area contributed by atoms with Crippen LogP contribution in [0.5, 0.6) is 0 Å². The zero-order valence-electron chi connectivity index (χ0n) is 8.74. The average Bonchev–Trinajstić information content (AvgIpc) is 2.77. The Balaban J connectivity index is 1.87. The summed E-state index contributed by atoms with van der Waals surface area (Å²) in [6.45, 7) is 1.91. The lowest BCUT2D eigenvalue weighted by Gasteiger charge is -2.41. The van der Waals surface area contributed by atoms with Crippen molar-refractivity contribution in [3.63, 3.8) is 0 Å². The highest BCUT2D eigenvalue weighted by Crippen LogP contribution is 2.50. The van der Waals surface area contributed by atoms with Gasteiger partial charge in [-0.05, 0) is 24.7 Å². The summed E-state index contributed by atoms with van der Waals surface area (Å²) in [5, 5.41) is 0. The van der Waals surface area contributed by atoms with E-state index in [1.165, 1.54) is 12.8 Å². The SMILES string of the molecule is NC(=O)C1CCN1CC1(CC(N)=S)CC1. The molecule has 1 unspecified atom stereocenters. The molecule has 2 aliphatic rings. The predicted molar refractivity (Wildman–Crippen MR) is 62.2 cm³/mol. The van der Waals surface area contributed by atoms with Crippen LogP contribution in [0.15, 0.2) is 0 Å². The smallest absolute Gasteiger partial charge is 0.234 e. The number of carbonyl (C=O) groups is 1. The van der Waals surface area contributed by atoms with E-state index in [0.717, 1.165) is 25.9 Å². The van der Waals surface area contributed by atoms with E-state index in [-0.39, 0.29) is 17.4 Å². The van der Waals surface area contributed by atoms with Gasteiger partial charge in [0.2, 0.25) is 5.91 Å². The number of carbonyl (C=O) groups excluding carboxylic acids is 1. The van der Waals surface area contributed by atoms with Gasteiger partial charge in [-0.15, -0.1) is 0 Å². The van der Waals surface area contributed by atoms with Crippen LogP contribution < -0.4 is 11.5 Å². The first kappa shape index (κ1) is 10.8. The second-order valence-corrected chi connectivity index (χ2v) is 5.34. The Hall–Kier alpha value is -0.680. The number of rotatable bonds is 5. The molecule has 0 spiro atoms. The van der Waals surface area contributed by atoms with Crippen molar-refractivity contribution in [1.82, 2.24) is 4.90 Å². The highest BCUT2D eigenvalue weighted by Gasteiger charge is 2.47. The Kier molecular flexibility index (Phi) is 2.68. The van der Waals surface area contributed by atoms with Gasteiger partial charge in [-0.1, -0.05) is 12.2 Å². The number of primary amides is 1. The molecule has 2 fully saturated rings. The van der Waals surface area contributed by atoms with E-state index in [1.54, 1.807) is 0 Å². The number of nitrogens with zero attached hydrogens (tertiary/aromatic N) is 1. The Morgan fingerprint density at radius 1 is 1.47 bits per heavy atom. The topological polar surface area (TPSA) is 72.4 Å². The van der Waals surface area contributed by atoms with Crippen LogP contribution in [0.3, 0.4) is 0 Å². The van der Waals surface area contributed by atoms with Crippen LogP contribution in [0, 0.1) is 5.41 Å². The number of amides is 1. The number of hydrogen-bond donors (Lipinski definition) is 2. The van der Waals surface area contributed by atoms with E-state index >= 15 is 0 Å². The molecule has 0 radical (unpaired) electrons. The van der Waals surface area contributed by atoms with Gasteiger partial charge in [0.1, 0.15) is 0 Å². The van der Waals surface area contributed by atoms with Gasteiger partial charge in [-0.3, -0.25) is 9.69 Å². The van der Waals surface area contributed by atoms with Crippen molar-refractivity contribution in [2.45, 2.75) is 31.7 Å². The maximum absolute atomic E-state index is 11.1. The first-order chi connectivity index (χ1) is 7.02. The first-order valence-corrected chi connectivity index (χ1v) is 5.75. The summed E-state index contributed by atoms with van der Waals surface area (Å²) in [5.74, 6) is -0.202. The van der Waals surface area contributed by atoms with Gasteiger partial charge in [0.05, 0.1) is 11.0 Å². The lowest BCUT2D eigenvalue weighted by atomic mass is 9.95. The third kappa shape index (κ3) is 2.29. The standard InChI is InChI=1S/C10H17N3OS/c11-8(15)5-10(2-3-10)6-13-4-1-7(13)9(12)14/h7H,1-6H2,(H2,11,15)(H2,12,14). The van der Waals surface area contributed by atoms with E-state index in [2.05, 4.69) is 4.90 Å². The van der Waals surface area contributed by atoms with E-state index in [1.807, 2.05) is 0 Å². The fourth-order valence-electron chi connectivity index (χ4n) is 2.32. The fraction of sp³-hybridized carbons (Fsp3) is 0.800. The zero-order valence-corrected chi connectivity index (χ0v) is 9.55. The van der Waals surface area contributed by atoms with Gasteiger partial charge < -0.3 is 11.5 Å². The first-order valence-electron chi connectivity index (χ1n) is 5.34. The van der Waals surface area contributed by atoms with Crippen LogP contribution in [0.25, 0.3) is 0 Å². The summed E-state index contributed by atoms with van der Waals surface area (Å²) in [6, 6.07) is -0.0474. The third-order valence-corrected chi connectivity index (χ3v) is 3.65. The second-order valence-electron chi connectivity index (χ2n) is 4.82. The molecule has 1 heterocycles. The Bertz CT molecular complexity index is 301. The predicted octanol–water partition coefficient (Wildman–Crippen LogP) is 0.00240. The van der Waals surface area contributed by atoms with Crippen LogP contribution in [0.1, 0.15) is 25.7 Å². The van der Waals surface area contributed by atoms with E-state index in [4.69, 9.17) is 23.7 Å². The fourth-order valence-corrected chi connectivity index (χ4v) is 2.63. The molecule has 1 saturated carbocycles. The molecule has 1 atom stereocenters. The Morgan fingerprint density at radius 2 is 2.13 bits per heavy atom. The largest absolute Gasteiger partial charge is 0.393 e. The molecule has 84 valence electrons. The van der Waals surface area contributed by atoms with Gasteiger partial charge >= 0.3 is 0 Å². The van der Waals surface area contributed by atoms with Crippen LogP contribution in [0.2, 0.25) is 0 Å². The van der Waals surface area contributed by atoms with Gasteiger partial charge in [-0.25, -0.2) is 0 Å². The van der Waals surface area contributed by atoms with Crippen molar-refractivity contribution in [1.29, 1.82) is 0 Å². The lowest BCUT2D eigenvalue weighted by Crippen LogP contribution is -2.56. The minimum absolute atomic E-state index is 0.0474. The van der Waals surface area contributed by atoms with Crippen LogP contribution in [0.4, 0.5) is 0 Å². The summed E-state index contributed by atoms with van der Waals surface area (Å²) >= 11 is 4.94. The molecular formula is C10H17N3OS. The van der Waals surface area contributed by atoms with E-state index < -0.39 is 0 Å². The van der Waals surface area contributed by atoms with Crippen molar-refractivity contribution in [2.75, 3.05) is 13.1 Å². The zero-order chi connectivity index (χ0) is 11.1. The molecular weight excluding hydrogens is 210 g/mol. The minimum atomic E-state index is -0.202. The quantitative estimate of drug-likeness (QED) is 0.649. The van der Waals surface area contributed by atoms with Crippen LogP contribution in [-0.2, 0) is 4.79 Å².